The molecule has 3 aromatic rings. The van der Waals surface area contributed by atoms with Crippen molar-refractivity contribution in [1.82, 2.24) is 15.3 Å². The van der Waals surface area contributed by atoms with Crippen LogP contribution < -0.4 is 11.1 Å². The molecule has 0 bridgehead atoms. The molecule has 1 aromatic heterocycles. The van der Waals surface area contributed by atoms with Crippen molar-refractivity contribution in [2.24, 2.45) is 10.7 Å². The lowest BCUT2D eigenvalue weighted by molar-refractivity contribution is 0.0977. The quantitative estimate of drug-likeness (QED) is 0.473. The number of nitrogens with one attached hydrogen (secondary N) is 2. The van der Waals surface area contributed by atoms with Gasteiger partial charge in [0.1, 0.15) is 5.84 Å². The van der Waals surface area contributed by atoms with E-state index in [2.05, 4.69) is 41.0 Å². The summed E-state index contributed by atoms with van der Waals surface area (Å²) in [4.78, 5) is 24.6. The number of allylic oxidation sites excluding steroid dienone is 1. The van der Waals surface area contributed by atoms with Crippen LogP contribution in [0.25, 0.3) is 11.0 Å². The van der Waals surface area contributed by atoms with Gasteiger partial charge < -0.3 is 16.0 Å². The molecular formula is C22H25N5O. The number of nitrogens with two attached hydrogens (primary N) is 1. The molecule has 6 heteroatoms. The normalized spacial score (nSPS) is 13.0. The van der Waals surface area contributed by atoms with Gasteiger partial charge in [0, 0.05) is 11.3 Å². The van der Waals surface area contributed by atoms with Gasteiger partial charge in [-0.05, 0) is 48.2 Å². The zero-order valence-electron chi connectivity index (χ0n) is 16.6. The molecule has 0 saturated carbocycles. The Morgan fingerprint density at radius 1 is 1.14 bits per heavy atom. The fourth-order valence-corrected chi connectivity index (χ4v) is 2.73. The first-order valence-electron chi connectivity index (χ1n) is 9.11. The van der Waals surface area contributed by atoms with Crippen molar-refractivity contribution in [2.75, 3.05) is 0 Å². The minimum Gasteiger partial charge on any atom is -0.402 e. The number of amides is 1. The number of aliphatic imine (C=N–C) groups is 1. The number of carbonyl (C=O) groups excluding carboxylic acids is 1. The molecule has 144 valence electrons. The van der Waals surface area contributed by atoms with Crippen molar-refractivity contribution in [3.63, 3.8) is 0 Å². The van der Waals surface area contributed by atoms with Gasteiger partial charge in [-0.15, -0.1) is 0 Å². The number of hydrogen-bond donors (Lipinski definition) is 3. The standard InChI is InChI=1S/C22H25N5O/c1-14(23)13-19(27-21-24-17-7-5-6-8-18(17)25-21)26-20(28)15-9-11-16(12-10-15)22(2,3)4/h5-13H,23H2,1-4H3,(H2,24,25,26,27,28). The summed E-state index contributed by atoms with van der Waals surface area (Å²) in [6, 6.07) is 15.2. The number of aromatic nitrogens is 2. The number of fused-ring (bicyclic) bond motifs is 1. The molecule has 6 nitrogen and oxygen atoms in total. The highest BCUT2D eigenvalue weighted by molar-refractivity contribution is 6.11. The van der Waals surface area contributed by atoms with E-state index < -0.39 is 0 Å². The fourth-order valence-electron chi connectivity index (χ4n) is 2.73. The number of imidazole rings is 1. The first kappa shape index (κ1) is 19.4. The Balaban J connectivity index is 1.86. The number of para-hydroxylation sites is 2. The van der Waals surface area contributed by atoms with E-state index in [0.29, 0.717) is 23.0 Å². The summed E-state index contributed by atoms with van der Waals surface area (Å²) < 4.78 is 0. The number of aromatic amines is 1. The Morgan fingerprint density at radius 2 is 1.82 bits per heavy atom. The average Bonchev–Trinajstić information content (AvgIpc) is 3.02. The third-order valence-electron chi connectivity index (χ3n) is 4.22. The molecule has 0 aliphatic heterocycles. The van der Waals surface area contributed by atoms with Gasteiger partial charge in [0.2, 0.25) is 5.95 Å². The summed E-state index contributed by atoms with van der Waals surface area (Å²) in [7, 11) is 0. The lowest BCUT2D eigenvalue weighted by Crippen LogP contribution is -2.29. The van der Waals surface area contributed by atoms with Crippen LogP contribution in [-0.4, -0.2) is 21.7 Å². The summed E-state index contributed by atoms with van der Waals surface area (Å²) in [6.07, 6.45) is 1.61. The van der Waals surface area contributed by atoms with E-state index in [1.807, 2.05) is 48.5 Å². The molecule has 0 unspecified atom stereocenters. The number of rotatable bonds is 3. The van der Waals surface area contributed by atoms with Crippen molar-refractivity contribution < 1.29 is 4.79 Å². The Labute approximate surface area is 164 Å². The maximum atomic E-state index is 12.7. The minimum absolute atomic E-state index is 0.0301. The molecule has 0 saturated heterocycles. The van der Waals surface area contributed by atoms with Crippen molar-refractivity contribution in [3.8, 4) is 0 Å². The van der Waals surface area contributed by atoms with Gasteiger partial charge in [0.15, 0.2) is 0 Å². The Hall–Kier alpha value is -3.41. The molecule has 0 fully saturated rings. The van der Waals surface area contributed by atoms with Crippen molar-refractivity contribution in [2.45, 2.75) is 33.1 Å². The van der Waals surface area contributed by atoms with Gasteiger partial charge in [-0.25, -0.2) is 4.98 Å². The SMILES string of the molecule is CC(N)=CC(=Nc1nc2ccccc2[nH]1)NC(=O)c1ccc(C(C)(C)C)cc1. The molecule has 0 aliphatic rings. The van der Waals surface area contributed by atoms with Crippen LogP contribution in [0.1, 0.15) is 43.6 Å². The second-order valence-electron chi connectivity index (χ2n) is 7.74. The summed E-state index contributed by atoms with van der Waals surface area (Å²) in [5, 5.41) is 2.81. The van der Waals surface area contributed by atoms with Crippen LogP contribution in [0.2, 0.25) is 0 Å². The second-order valence-corrected chi connectivity index (χ2v) is 7.74. The van der Waals surface area contributed by atoms with Crippen LogP contribution in [-0.2, 0) is 5.41 Å². The summed E-state index contributed by atoms with van der Waals surface area (Å²) in [6.45, 7) is 8.14. The Morgan fingerprint density at radius 3 is 2.43 bits per heavy atom. The predicted octanol–water partition coefficient (Wildman–Crippen LogP) is 4.18. The number of amidine groups is 1. The predicted molar refractivity (Wildman–Crippen MR) is 114 cm³/mol. The van der Waals surface area contributed by atoms with E-state index >= 15 is 0 Å². The molecule has 2 aromatic carbocycles. The van der Waals surface area contributed by atoms with Gasteiger partial charge in [-0.1, -0.05) is 45.0 Å². The smallest absolute Gasteiger partial charge is 0.256 e. The lowest BCUT2D eigenvalue weighted by atomic mass is 9.87. The molecule has 1 heterocycles. The molecular weight excluding hydrogens is 350 g/mol. The molecule has 3 rings (SSSR count). The monoisotopic (exact) mass is 375 g/mol. The lowest BCUT2D eigenvalue weighted by Gasteiger charge is -2.19. The van der Waals surface area contributed by atoms with E-state index in [1.54, 1.807) is 13.0 Å². The van der Waals surface area contributed by atoms with Gasteiger partial charge in [-0.2, -0.15) is 4.99 Å². The Kier molecular flexibility index (Phi) is 5.31. The highest BCUT2D eigenvalue weighted by Crippen LogP contribution is 2.22. The zero-order valence-corrected chi connectivity index (χ0v) is 16.6. The first-order chi connectivity index (χ1) is 13.2. The molecule has 0 radical (unpaired) electrons. The maximum Gasteiger partial charge on any atom is 0.256 e. The number of benzene rings is 2. The topological polar surface area (TPSA) is 96.2 Å². The first-order valence-corrected chi connectivity index (χ1v) is 9.11. The van der Waals surface area contributed by atoms with E-state index in [4.69, 9.17) is 5.73 Å². The van der Waals surface area contributed by atoms with Crippen LogP contribution in [0.15, 0.2) is 65.3 Å². The van der Waals surface area contributed by atoms with E-state index in [9.17, 15) is 4.79 Å². The molecule has 4 N–H and O–H groups in total. The van der Waals surface area contributed by atoms with Crippen LogP contribution in [0, 0.1) is 0 Å². The van der Waals surface area contributed by atoms with Crippen LogP contribution in [0.4, 0.5) is 5.95 Å². The fraction of sp³-hybridized carbons (Fsp3) is 0.227. The van der Waals surface area contributed by atoms with Crippen molar-refractivity contribution in [1.29, 1.82) is 0 Å². The number of nitrogens with zero attached hydrogens (tertiary/aromatic N) is 2. The second kappa shape index (κ2) is 7.68. The summed E-state index contributed by atoms with van der Waals surface area (Å²) in [5.41, 5.74) is 9.75. The summed E-state index contributed by atoms with van der Waals surface area (Å²) in [5.74, 6) is 0.467. The van der Waals surface area contributed by atoms with E-state index in [0.717, 1.165) is 16.6 Å². The molecule has 0 spiro atoms. The van der Waals surface area contributed by atoms with Gasteiger partial charge in [0.05, 0.1) is 11.0 Å². The van der Waals surface area contributed by atoms with E-state index in [1.165, 1.54) is 0 Å². The third-order valence-corrected chi connectivity index (χ3v) is 4.22. The Bertz CT molecular complexity index is 1020. The molecule has 0 atom stereocenters. The van der Waals surface area contributed by atoms with Gasteiger partial charge >= 0.3 is 0 Å². The zero-order chi connectivity index (χ0) is 20.3. The van der Waals surface area contributed by atoms with Crippen LogP contribution in [0.5, 0.6) is 0 Å². The van der Waals surface area contributed by atoms with Crippen LogP contribution >= 0.6 is 0 Å². The molecule has 28 heavy (non-hydrogen) atoms. The van der Waals surface area contributed by atoms with Crippen molar-refractivity contribution in [3.05, 3.63) is 71.4 Å². The van der Waals surface area contributed by atoms with Gasteiger partial charge in [-0.3, -0.25) is 4.79 Å². The maximum absolute atomic E-state index is 12.7. The highest BCUT2D eigenvalue weighted by atomic mass is 16.1. The van der Waals surface area contributed by atoms with Gasteiger partial charge in [0.25, 0.3) is 5.91 Å². The van der Waals surface area contributed by atoms with E-state index in [-0.39, 0.29) is 11.3 Å². The summed E-state index contributed by atoms with van der Waals surface area (Å²) >= 11 is 0. The van der Waals surface area contributed by atoms with Crippen molar-refractivity contribution >= 4 is 28.7 Å². The number of hydrogen-bond acceptors (Lipinski definition) is 4. The largest absolute Gasteiger partial charge is 0.402 e. The van der Waals surface area contributed by atoms with Crippen LogP contribution in [0.3, 0.4) is 0 Å². The molecule has 1 amide bonds. The molecule has 0 aliphatic carbocycles. The number of H-pyrrole nitrogens is 1. The third kappa shape index (κ3) is 4.65. The minimum atomic E-state index is -0.257. The highest BCUT2D eigenvalue weighted by Gasteiger charge is 2.15. The number of carbonyl (C=O) groups is 1. The average molecular weight is 375 g/mol.